The monoisotopic (exact) mass is 475 g/mol. The maximum Gasteiger partial charge on any atom is 0.321 e. The van der Waals surface area contributed by atoms with Crippen molar-refractivity contribution in [3.63, 3.8) is 0 Å². The molecule has 2 aromatic rings. The number of ether oxygens (including phenoxy) is 1. The van der Waals surface area contributed by atoms with E-state index in [0.29, 0.717) is 25.1 Å². The fourth-order valence-electron chi connectivity index (χ4n) is 2.19. The van der Waals surface area contributed by atoms with E-state index in [-0.39, 0.29) is 0 Å². The van der Waals surface area contributed by atoms with Crippen molar-refractivity contribution >= 4 is 39.3 Å². The third kappa shape index (κ3) is 8.39. The van der Waals surface area contributed by atoms with E-state index >= 15 is 0 Å². The maximum atomic E-state index is 13.2. The second kappa shape index (κ2) is 11.5. The van der Waals surface area contributed by atoms with E-state index in [1.165, 1.54) is 11.3 Å². The molecule has 0 aliphatic carbocycles. The Morgan fingerprint density at radius 2 is 1.84 bits per heavy atom. The van der Waals surface area contributed by atoms with Crippen molar-refractivity contribution in [3.8, 4) is 0 Å². The highest BCUT2D eigenvalue weighted by Crippen LogP contribution is 2.13. The first-order valence-electron chi connectivity index (χ1n) is 8.88. The zero-order chi connectivity index (χ0) is 22.9. The number of benzene rings is 1. The molecule has 0 aliphatic rings. The standard InChI is InChI=1S/C18H19F2N3O6S2/c19-14-4-3-13(10-15(14)20)31(27,28)22-8-6-17(25)29-11-16(24)23-18(26)21-7-5-12-2-1-9-30-12/h1-4,9-10,22H,5-8,11H2,(H2,21,23,24,26). The molecule has 31 heavy (non-hydrogen) atoms. The van der Waals surface area contributed by atoms with Gasteiger partial charge in [-0.2, -0.15) is 0 Å². The molecule has 1 heterocycles. The molecule has 168 valence electrons. The van der Waals surface area contributed by atoms with E-state index in [1.807, 2.05) is 27.6 Å². The van der Waals surface area contributed by atoms with Crippen LogP contribution in [-0.2, 0) is 30.8 Å². The smallest absolute Gasteiger partial charge is 0.321 e. The van der Waals surface area contributed by atoms with Crippen LogP contribution in [0.4, 0.5) is 13.6 Å². The Labute approximate surface area is 180 Å². The zero-order valence-corrected chi connectivity index (χ0v) is 17.7. The first-order chi connectivity index (χ1) is 14.7. The average Bonchev–Trinajstić information content (AvgIpc) is 3.21. The van der Waals surface area contributed by atoms with Crippen molar-refractivity contribution in [1.82, 2.24) is 15.4 Å². The van der Waals surface area contributed by atoms with Crippen LogP contribution >= 0.6 is 11.3 Å². The van der Waals surface area contributed by atoms with Crippen molar-refractivity contribution in [2.24, 2.45) is 0 Å². The molecule has 0 atom stereocenters. The highest BCUT2D eigenvalue weighted by molar-refractivity contribution is 7.89. The van der Waals surface area contributed by atoms with Gasteiger partial charge < -0.3 is 10.1 Å². The summed E-state index contributed by atoms with van der Waals surface area (Å²) in [7, 11) is -4.16. The number of esters is 1. The van der Waals surface area contributed by atoms with Gasteiger partial charge in [0, 0.05) is 18.0 Å². The molecule has 3 N–H and O–H groups in total. The minimum absolute atomic E-state index is 0.317. The summed E-state index contributed by atoms with van der Waals surface area (Å²) >= 11 is 1.54. The van der Waals surface area contributed by atoms with Crippen LogP contribution in [0, 0.1) is 11.6 Å². The SMILES string of the molecule is O=C(COC(=O)CCNS(=O)(=O)c1ccc(F)c(F)c1)NC(=O)NCCc1cccs1. The molecule has 0 bridgehead atoms. The summed E-state index contributed by atoms with van der Waals surface area (Å²) in [4.78, 5) is 35.4. The number of urea groups is 1. The van der Waals surface area contributed by atoms with Crippen molar-refractivity contribution in [1.29, 1.82) is 0 Å². The molecular formula is C18H19F2N3O6S2. The number of carbonyl (C=O) groups is 3. The Morgan fingerprint density at radius 3 is 2.52 bits per heavy atom. The fraction of sp³-hybridized carbons (Fsp3) is 0.278. The molecule has 0 spiro atoms. The highest BCUT2D eigenvalue weighted by Gasteiger charge is 2.17. The molecular weight excluding hydrogens is 456 g/mol. The summed E-state index contributed by atoms with van der Waals surface area (Å²) in [6.45, 7) is -0.810. The first-order valence-corrected chi connectivity index (χ1v) is 11.2. The van der Waals surface area contributed by atoms with Crippen LogP contribution in [0.5, 0.6) is 0 Å². The number of sulfonamides is 1. The van der Waals surface area contributed by atoms with Crippen molar-refractivity contribution in [3.05, 3.63) is 52.2 Å². The number of thiophene rings is 1. The molecule has 1 aromatic carbocycles. The van der Waals surface area contributed by atoms with Crippen molar-refractivity contribution in [2.75, 3.05) is 19.7 Å². The van der Waals surface area contributed by atoms with Gasteiger partial charge in [0.25, 0.3) is 5.91 Å². The number of imide groups is 1. The number of hydrogen-bond acceptors (Lipinski definition) is 7. The van der Waals surface area contributed by atoms with Crippen LogP contribution < -0.4 is 15.4 Å². The second-order valence-electron chi connectivity index (χ2n) is 6.02. The summed E-state index contributed by atoms with van der Waals surface area (Å²) in [5.41, 5.74) is 0. The van der Waals surface area contributed by atoms with Crippen LogP contribution in [0.25, 0.3) is 0 Å². The molecule has 0 aliphatic heterocycles. The lowest BCUT2D eigenvalue weighted by atomic mass is 10.3. The minimum atomic E-state index is -4.16. The van der Waals surface area contributed by atoms with Crippen LogP contribution in [0.15, 0.2) is 40.6 Å². The van der Waals surface area contributed by atoms with Gasteiger partial charge in [-0.3, -0.25) is 14.9 Å². The average molecular weight is 475 g/mol. The van der Waals surface area contributed by atoms with E-state index in [1.54, 1.807) is 0 Å². The molecule has 0 unspecified atom stereocenters. The lowest BCUT2D eigenvalue weighted by molar-refractivity contribution is -0.148. The van der Waals surface area contributed by atoms with E-state index in [9.17, 15) is 31.6 Å². The predicted molar refractivity (Wildman–Crippen MR) is 107 cm³/mol. The van der Waals surface area contributed by atoms with Gasteiger partial charge in [-0.15, -0.1) is 11.3 Å². The Hall–Kier alpha value is -2.90. The quantitative estimate of drug-likeness (QED) is 0.444. The third-order valence-electron chi connectivity index (χ3n) is 3.68. The molecule has 2 rings (SSSR count). The molecule has 3 amide bonds. The Balaban J connectivity index is 1.63. The highest BCUT2D eigenvalue weighted by atomic mass is 32.2. The van der Waals surface area contributed by atoms with Gasteiger partial charge in [-0.1, -0.05) is 6.07 Å². The number of amides is 3. The number of carbonyl (C=O) groups excluding carboxylic acids is 3. The van der Waals surface area contributed by atoms with E-state index < -0.39 is 64.0 Å². The molecule has 0 fully saturated rings. The van der Waals surface area contributed by atoms with E-state index in [4.69, 9.17) is 0 Å². The number of rotatable bonds is 10. The second-order valence-corrected chi connectivity index (χ2v) is 8.82. The third-order valence-corrected chi connectivity index (χ3v) is 6.07. The van der Waals surface area contributed by atoms with Crippen LogP contribution in [0.3, 0.4) is 0 Å². The van der Waals surface area contributed by atoms with Crippen molar-refractivity contribution in [2.45, 2.75) is 17.7 Å². The topological polar surface area (TPSA) is 131 Å². The fourth-order valence-corrected chi connectivity index (χ4v) is 3.95. The summed E-state index contributed by atoms with van der Waals surface area (Å²) < 4.78 is 56.6. The number of nitrogens with one attached hydrogen (secondary N) is 3. The van der Waals surface area contributed by atoms with Gasteiger partial charge in [-0.25, -0.2) is 26.7 Å². The van der Waals surface area contributed by atoms with Gasteiger partial charge >= 0.3 is 12.0 Å². The molecule has 0 saturated heterocycles. The predicted octanol–water partition coefficient (Wildman–Crippen LogP) is 1.31. The van der Waals surface area contributed by atoms with Crippen LogP contribution in [0.1, 0.15) is 11.3 Å². The van der Waals surface area contributed by atoms with Crippen molar-refractivity contribution < 1.29 is 36.3 Å². The van der Waals surface area contributed by atoms with E-state index in [2.05, 4.69) is 10.1 Å². The van der Waals surface area contributed by atoms with Gasteiger partial charge in [0.15, 0.2) is 18.2 Å². The van der Waals surface area contributed by atoms with Gasteiger partial charge in [0.1, 0.15) is 0 Å². The maximum absolute atomic E-state index is 13.2. The lowest BCUT2D eigenvalue weighted by Crippen LogP contribution is -2.42. The summed E-state index contributed by atoms with van der Waals surface area (Å²) in [5.74, 6) is -4.29. The summed E-state index contributed by atoms with van der Waals surface area (Å²) in [5, 5.41) is 6.37. The number of hydrogen-bond donors (Lipinski definition) is 3. The largest absolute Gasteiger partial charge is 0.456 e. The van der Waals surface area contributed by atoms with E-state index in [0.717, 1.165) is 10.9 Å². The van der Waals surface area contributed by atoms with Gasteiger partial charge in [0.2, 0.25) is 10.0 Å². The Morgan fingerprint density at radius 1 is 1.06 bits per heavy atom. The lowest BCUT2D eigenvalue weighted by Gasteiger charge is -2.08. The summed E-state index contributed by atoms with van der Waals surface area (Å²) in [6.07, 6.45) is 0.179. The Kier molecular flexibility index (Phi) is 9.03. The molecule has 0 saturated carbocycles. The van der Waals surface area contributed by atoms with Gasteiger partial charge in [-0.05, 0) is 36.1 Å². The molecule has 13 heteroatoms. The minimum Gasteiger partial charge on any atom is -0.456 e. The van der Waals surface area contributed by atoms with Gasteiger partial charge in [0.05, 0.1) is 11.3 Å². The number of halogens is 2. The molecule has 9 nitrogen and oxygen atoms in total. The zero-order valence-electron chi connectivity index (χ0n) is 16.0. The first kappa shape index (κ1) is 24.4. The van der Waals surface area contributed by atoms with Crippen LogP contribution in [0.2, 0.25) is 0 Å². The molecule has 1 aromatic heterocycles. The summed E-state index contributed by atoms with van der Waals surface area (Å²) in [6, 6.07) is 5.09. The molecule has 0 radical (unpaired) electrons. The Bertz CT molecular complexity index is 1030. The van der Waals surface area contributed by atoms with Crippen LogP contribution in [-0.4, -0.2) is 46.0 Å². The normalized spacial score (nSPS) is 11.0.